The molecule has 5 nitrogen and oxygen atoms in total. The quantitative estimate of drug-likeness (QED) is 0.907. The first-order valence-electron chi connectivity index (χ1n) is 7.02. The number of fused-ring (bicyclic) bond motifs is 2. The Morgan fingerprint density at radius 3 is 3.11 bits per heavy atom. The standard InChI is InChI=1S/C14H17N5/c1-3-11-12(4-1)17-9-18-14(11)16-8-10-7-15-13-5-2-6-19(10)13/h7,9H,1-6,8H2,(H,16,17,18). The van der Waals surface area contributed by atoms with Crippen LogP contribution in [0.25, 0.3) is 0 Å². The van der Waals surface area contributed by atoms with Crippen molar-refractivity contribution < 1.29 is 0 Å². The molecule has 0 fully saturated rings. The molecule has 0 amide bonds. The number of aryl methyl sites for hydroxylation is 2. The molecule has 0 unspecified atom stereocenters. The van der Waals surface area contributed by atoms with Gasteiger partial charge in [-0.2, -0.15) is 0 Å². The molecule has 2 aromatic heterocycles. The first-order valence-corrected chi connectivity index (χ1v) is 7.02. The van der Waals surface area contributed by atoms with Crippen LogP contribution in [0, 0.1) is 0 Å². The second-order valence-electron chi connectivity index (χ2n) is 5.28. The molecule has 98 valence electrons. The van der Waals surface area contributed by atoms with Gasteiger partial charge in [0.05, 0.1) is 18.4 Å². The molecule has 0 atom stereocenters. The van der Waals surface area contributed by atoms with E-state index in [0.717, 1.165) is 38.2 Å². The van der Waals surface area contributed by atoms with Gasteiger partial charge >= 0.3 is 0 Å². The lowest BCUT2D eigenvalue weighted by molar-refractivity contribution is 0.712. The number of imidazole rings is 1. The van der Waals surface area contributed by atoms with Crippen molar-refractivity contribution in [1.29, 1.82) is 0 Å². The predicted molar refractivity (Wildman–Crippen MR) is 71.9 cm³/mol. The third kappa shape index (κ3) is 1.80. The molecular weight excluding hydrogens is 238 g/mol. The molecule has 2 aromatic rings. The highest BCUT2D eigenvalue weighted by atomic mass is 15.1. The topological polar surface area (TPSA) is 55.6 Å². The van der Waals surface area contributed by atoms with E-state index in [9.17, 15) is 0 Å². The van der Waals surface area contributed by atoms with Crippen LogP contribution in [0.15, 0.2) is 12.5 Å². The lowest BCUT2D eigenvalue weighted by Gasteiger charge is -2.10. The summed E-state index contributed by atoms with van der Waals surface area (Å²) in [7, 11) is 0. The molecule has 0 saturated heterocycles. The molecule has 0 saturated carbocycles. The lowest BCUT2D eigenvalue weighted by atomic mass is 10.2. The second kappa shape index (κ2) is 4.33. The zero-order valence-electron chi connectivity index (χ0n) is 10.9. The smallest absolute Gasteiger partial charge is 0.133 e. The summed E-state index contributed by atoms with van der Waals surface area (Å²) in [6.07, 6.45) is 9.39. The molecule has 1 aliphatic heterocycles. The van der Waals surface area contributed by atoms with Crippen LogP contribution in [-0.4, -0.2) is 19.5 Å². The minimum atomic E-state index is 0.802. The highest BCUT2D eigenvalue weighted by molar-refractivity contribution is 5.48. The molecule has 1 aliphatic carbocycles. The van der Waals surface area contributed by atoms with Gasteiger partial charge in [-0.3, -0.25) is 0 Å². The van der Waals surface area contributed by atoms with Gasteiger partial charge in [-0.25, -0.2) is 15.0 Å². The van der Waals surface area contributed by atoms with Crippen molar-refractivity contribution >= 4 is 5.82 Å². The van der Waals surface area contributed by atoms with E-state index in [-0.39, 0.29) is 0 Å². The Morgan fingerprint density at radius 2 is 2.11 bits per heavy atom. The van der Waals surface area contributed by atoms with E-state index in [4.69, 9.17) is 0 Å². The highest BCUT2D eigenvalue weighted by Gasteiger charge is 2.18. The van der Waals surface area contributed by atoms with Crippen LogP contribution in [0.1, 0.15) is 35.6 Å². The first-order chi connectivity index (χ1) is 9.42. The van der Waals surface area contributed by atoms with Crippen LogP contribution in [0.3, 0.4) is 0 Å². The summed E-state index contributed by atoms with van der Waals surface area (Å²) in [5, 5.41) is 3.47. The van der Waals surface area contributed by atoms with Gasteiger partial charge in [0, 0.05) is 24.2 Å². The molecule has 5 heteroatoms. The fourth-order valence-electron chi connectivity index (χ4n) is 3.15. The largest absolute Gasteiger partial charge is 0.364 e. The number of aromatic nitrogens is 4. The maximum absolute atomic E-state index is 4.47. The van der Waals surface area contributed by atoms with E-state index in [1.165, 1.54) is 35.6 Å². The number of anilines is 1. The molecule has 1 N–H and O–H groups in total. The maximum atomic E-state index is 4.47. The molecule has 0 spiro atoms. The van der Waals surface area contributed by atoms with Crippen LogP contribution >= 0.6 is 0 Å². The van der Waals surface area contributed by atoms with Crippen LogP contribution in [-0.2, 0) is 32.4 Å². The van der Waals surface area contributed by atoms with E-state index < -0.39 is 0 Å². The number of nitrogens with one attached hydrogen (secondary N) is 1. The van der Waals surface area contributed by atoms with Gasteiger partial charge in [-0.05, 0) is 25.7 Å². The summed E-state index contributed by atoms with van der Waals surface area (Å²) in [6.45, 7) is 1.91. The number of nitrogens with zero attached hydrogens (tertiary/aromatic N) is 4. The fraction of sp³-hybridized carbons (Fsp3) is 0.500. The summed E-state index contributed by atoms with van der Waals surface area (Å²) in [5.74, 6) is 2.24. The zero-order valence-corrected chi connectivity index (χ0v) is 10.9. The Kier molecular flexibility index (Phi) is 2.50. The van der Waals surface area contributed by atoms with Gasteiger partial charge in [0.1, 0.15) is 18.0 Å². The monoisotopic (exact) mass is 255 g/mol. The van der Waals surface area contributed by atoms with Gasteiger partial charge in [-0.1, -0.05) is 0 Å². The van der Waals surface area contributed by atoms with Gasteiger partial charge in [0.25, 0.3) is 0 Å². The van der Waals surface area contributed by atoms with E-state index >= 15 is 0 Å². The van der Waals surface area contributed by atoms with Crippen molar-refractivity contribution in [2.45, 2.75) is 45.2 Å². The van der Waals surface area contributed by atoms with Crippen molar-refractivity contribution in [3.63, 3.8) is 0 Å². The normalized spacial score (nSPS) is 16.4. The predicted octanol–water partition coefficient (Wildman–Crippen LogP) is 1.72. The first kappa shape index (κ1) is 11.0. The zero-order chi connectivity index (χ0) is 12.7. The van der Waals surface area contributed by atoms with Gasteiger partial charge in [0.2, 0.25) is 0 Å². The van der Waals surface area contributed by atoms with Crippen LogP contribution < -0.4 is 5.32 Å². The van der Waals surface area contributed by atoms with Crippen molar-refractivity contribution in [3.8, 4) is 0 Å². The average Bonchev–Trinajstić information content (AvgIpc) is 3.13. The van der Waals surface area contributed by atoms with E-state index in [0.29, 0.717) is 0 Å². The highest BCUT2D eigenvalue weighted by Crippen LogP contribution is 2.25. The molecule has 0 radical (unpaired) electrons. The van der Waals surface area contributed by atoms with E-state index in [1.54, 1.807) is 6.33 Å². The van der Waals surface area contributed by atoms with Gasteiger partial charge in [0.15, 0.2) is 0 Å². The number of rotatable bonds is 3. The SMILES string of the molecule is c1nc2c(c(NCc3cnc4n3CCC4)n1)CCC2. The fourth-order valence-corrected chi connectivity index (χ4v) is 3.15. The van der Waals surface area contributed by atoms with Crippen molar-refractivity contribution in [1.82, 2.24) is 19.5 Å². The summed E-state index contributed by atoms with van der Waals surface area (Å²) in [5.41, 5.74) is 3.79. The average molecular weight is 255 g/mol. The Labute approximate surface area is 112 Å². The third-order valence-corrected chi connectivity index (χ3v) is 4.11. The summed E-state index contributed by atoms with van der Waals surface area (Å²) in [4.78, 5) is 13.2. The molecular formula is C14H17N5. The molecule has 0 aromatic carbocycles. The molecule has 0 bridgehead atoms. The number of hydrogen-bond donors (Lipinski definition) is 1. The Hall–Kier alpha value is -1.91. The van der Waals surface area contributed by atoms with Crippen molar-refractivity contribution in [3.05, 3.63) is 35.3 Å². The van der Waals surface area contributed by atoms with Crippen molar-refractivity contribution in [2.75, 3.05) is 5.32 Å². The minimum absolute atomic E-state index is 0.802. The third-order valence-electron chi connectivity index (χ3n) is 4.11. The van der Waals surface area contributed by atoms with Gasteiger partial charge < -0.3 is 9.88 Å². The Bertz CT molecular complexity index is 616. The second-order valence-corrected chi connectivity index (χ2v) is 5.28. The van der Waals surface area contributed by atoms with Crippen molar-refractivity contribution in [2.24, 2.45) is 0 Å². The minimum Gasteiger partial charge on any atom is -0.364 e. The van der Waals surface area contributed by atoms with E-state index in [1.807, 2.05) is 6.20 Å². The summed E-state index contributed by atoms with van der Waals surface area (Å²) >= 11 is 0. The maximum Gasteiger partial charge on any atom is 0.133 e. The molecule has 19 heavy (non-hydrogen) atoms. The molecule has 3 heterocycles. The van der Waals surface area contributed by atoms with Crippen LogP contribution in [0.5, 0.6) is 0 Å². The lowest BCUT2D eigenvalue weighted by Crippen LogP contribution is -2.09. The molecule has 4 rings (SSSR count). The Morgan fingerprint density at radius 1 is 1.11 bits per heavy atom. The van der Waals surface area contributed by atoms with Crippen LogP contribution in [0.2, 0.25) is 0 Å². The van der Waals surface area contributed by atoms with E-state index in [2.05, 4.69) is 24.8 Å². The van der Waals surface area contributed by atoms with Gasteiger partial charge in [-0.15, -0.1) is 0 Å². The Balaban J connectivity index is 1.55. The molecule has 2 aliphatic rings. The van der Waals surface area contributed by atoms with Crippen LogP contribution in [0.4, 0.5) is 5.82 Å². The number of hydrogen-bond acceptors (Lipinski definition) is 4. The summed E-state index contributed by atoms with van der Waals surface area (Å²) < 4.78 is 2.33. The summed E-state index contributed by atoms with van der Waals surface area (Å²) in [6, 6.07) is 0.